The van der Waals surface area contributed by atoms with E-state index in [2.05, 4.69) is 27.7 Å². The fraction of sp³-hybridized carbons (Fsp3) is 0.269. The molecule has 1 aliphatic heterocycles. The fourth-order valence-corrected chi connectivity index (χ4v) is 4.38. The molecule has 1 aliphatic rings. The molecule has 5 rings (SSSR count). The van der Waals surface area contributed by atoms with E-state index in [0.717, 1.165) is 45.4 Å². The van der Waals surface area contributed by atoms with Crippen LogP contribution in [0.15, 0.2) is 72.8 Å². The quantitative estimate of drug-likeness (QED) is 0.363. The maximum absolute atomic E-state index is 6.14. The molecule has 4 nitrogen and oxygen atoms in total. The first kappa shape index (κ1) is 20.1. The molecule has 0 aliphatic carbocycles. The van der Waals surface area contributed by atoms with Crippen molar-refractivity contribution in [3.8, 4) is 22.8 Å². The zero-order valence-electron chi connectivity index (χ0n) is 17.5. The van der Waals surface area contributed by atoms with E-state index in [9.17, 15) is 0 Å². The van der Waals surface area contributed by atoms with E-state index in [-0.39, 0.29) is 0 Å². The number of likely N-dealkylation sites (tertiary alicyclic amines) is 1. The number of hydrogen-bond donors (Lipinski definition) is 0. The molecule has 1 aromatic heterocycles. The minimum Gasteiger partial charge on any atom is -0.492 e. The second-order valence-corrected chi connectivity index (χ2v) is 8.45. The highest BCUT2D eigenvalue weighted by molar-refractivity contribution is 6.30. The lowest BCUT2D eigenvalue weighted by Crippen LogP contribution is -2.33. The van der Waals surface area contributed by atoms with Gasteiger partial charge in [0, 0.05) is 28.9 Å². The highest BCUT2D eigenvalue weighted by Crippen LogP contribution is 2.31. The van der Waals surface area contributed by atoms with Crippen LogP contribution in [0, 0.1) is 0 Å². The van der Waals surface area contributed by atoms with Crippen molar-refractivity contribution in [3.63, 3.8) is 0 Å². The van der Waals surface area contributed by atoms with Crippen LogP contribution in [-0.4, -0.2) is 40.7 Å². The Labute approximate surface area is 188 Å². The summed E-state index contributed by atoms with van der Waals surface area (Å²) < 4.78 is 8.33. The molecular weight excluding hydrogens is 406 g/mol. The Morgan fingerprint density at radius 3 is 2.42 bits per heavy atom. The normalized spacial score (nSPS) is 14.7. The van der Waals surface area contributed by atoms with Crippen LogP contribution in [0.5, 0.6) is 5.75 Å². The Balaban J connectivity index is 1.48. The standard InChI is InChI=1S/C26H26ClN3O/c27-21-11-9-20(10-12-21)26-28-24-14-13-23(31-18-17-29-15-5-2-6-16-29)19-25(24)30(26)22-7-3-1-4-8-22/h1,3-4,7-14,19H,2,5-6,15-18H2. The van der Waals surface area contributed by atoms with Crippen LogP contribution in [-0.2, 0) is 0 Å². The average Bonchev–Trinajstić information content (AvgIpc) is 3.20. The maximum Gasteiger partial charge on any atom is 0.145 e. The topological polar surface area (TPSA) is 30.3 Å². The number of fused-ring (bicyclic) bond motifs is 1. The minimum absolute atomic E-state index is 0.703. The smallest absolute Gasteiger partial charge is 0.145 e. The molecule has 158 valence electrons. The third kappa shape index (κ3) is 4.46. The summed E-state index contributed by atoms with van der Waals surface area (Å²) in [5, 5.41) is 0.718. The largest absolute Gasteiger partial charge is 0.492 e. The van der Waals surface area contributed by atoms with Crippen molar-refractivity contribution in [2.75, 3.05) is 26.2 Å². The summed E-state index contributed by atoms with van der Waals surface area (Å²) in [4.78, 5) is 7.43. The lowest BCUT2D eigenvalue weighted by atomic mass is 10.1. The highest BCUT2D eigenvalue weighted by Gasteiger charge is 2.15. The van der Waals surface area contributed by atoms with Crippen molar-refractivity contribution in [3.05, 3.63) is 77.8 Å². The van der Waals surface area contributed by atoms with Gasteiger partial charge in [-0.25, -0.2) is 4.98 Å². The molecule has 0 N–H and O–H groups in total. The number of imidazole rings is 1. The molecule has 0 radical (unpaired) electrons. The third-order valence-electron chi connectivity index (χ3n) is 5.87. The van der Waals surface area contributed by atoms with E-state index in [1.165, 1.54) is 32.4 Å². The van der Waals surface area contributed by atoms with Gasteiger partial charge < -0.3 is 4.74 Å². The van der Waals surface area contributed by atoms with E-state index in [4.69, 9.17) is 21.3 Å². The van der Waals surface area contributed by atoms with Gasteiger partial charge in [0.05, 0.1) is 11.0 Å². The summed E-state index contributed by atoms with van der Waals surface area (Å²) in [7, 11) is 0. The molecule has 4 aromatic rings. The van der Waals surface area contributed by atoms with E-state index in [1.54, 1.807) is 0 Å². The highest BCUT2D eigenvalue weighted by atomic mass is 35.5. The van der Waals surface area contributed by atoms with Gasteiger partial charge >= 0.3 is 0 Å². The molecular formula is C26H26ClN3O. The fourth-order valence-electron chi connectivity index (χ4n) is 4.25. The molecule has 0 saturated carbocycles. The number of ether oxygens (including phenoxy) is 1. The van der Waals surface area contributed by atoms with Gasteiger partial charge in [0.25, 0.3) is 0 Å². The first-order chi connectivity index (χ1) is 15.3. The summed E-state index contributed by atoms with van der Waals surface area (Å²) in [5.74, 6) is 1.77. The van der Waals surface area contributed by atoms with Gasteiger partial charge in [0.15, 0.2) is 0 Å². The molecule has 31 heavy (non-hydrogen) atoms. The minimum atomic E-state index is 0.703. The van der Waals surface area contributed by atoms with E-state index < -0.39 is 0 Å². The number of para-hydroxylation sites is 1. The number of benzene rings is 3. The number of nitrogens with zero attached hydrogens (tertiary/aromatic N) is 3. The number of halogens is 1. The molecule has 0 atom stereocenters. The predicted octanol–water partition coefficient (Wildman–Crippen LogP) is 6.21. The van der Waals surface area contributed by atoms with Crippen LogP contribution in [0.4, 0.5) is 0 Å². The van der Waals surface area contributed by atoms with Crippen LogP contribution >= 0.6 is 11.6 Å². The Morgan fingerprint density at radius 2 is 1.65 bits per heavy atom. The summed E-state index contributed by atoms with van der Waals surface area (Å²) in [6.07, 6.45) is 3.96. The lowest BCUT2D eigenvalue weighted by Gasteiger charge is -2.26. The average molecular weight is 432 g/mol. The summed E-state index contributed by atoms with van der Waals surface area (Å²) in [6, 6.07) is 24.3. The summed E-state index contributed by atoms with van der Waals surface area (Å²) in [5.41, 5.74) is 4.07. The van der Waals surface area contributed by atoms with Crippen LogP contribution < -0.4 is 4.74 Å². The number of rotatable bonds is 6. The van der Waals surface area contributed by atoms with Crippen LogP contribution in [0.25, 0.3) is 28.1 Å². The molecule has 3 aromatic carbocycles. The third-order valence-corrected chi connectivity index (χ3v) is 6.12. The van der Waals surface area contributed by atoms with Crippen molar-refractivity contribution in [1.29, 1.82) is 0 Å². The second kappa shape index (κ2) is 9.13. The van der Waals surface area contributed by atoms with Gasteiger partial charge in [0.2, 0.25) is 0 Å². The van der Waals surface area contributed by atoms with Crippen molar-refractivity contribution >= 4 is 22.6 Å². The van der Waals surface area contributed by atoms with Crippen molar-refractivity contribution in [2.45, 2.75) is 19.3 Å². The van der Waals surface area contributed by atoms with Crippen molar-refractivity contribution in [1.82, 2.24) is 14.5 Å². The Hall–Kier alpha value is -2.82. The van der Waals surface area contributed by atoms with Gasteiger partial charge in [-0.2, -0.15) is 0 Å². The summed E-state index contributed by atoms with van der Waals surface area (Å²) >= 11 is 6.11. The van der Waals surface area contributed by atoms with E-state index in [1.807, 2.05) is 54.6 Å². The summed E-state index contributed by atoms with van der Waals surface area (Å²) in [6.45, 7) is 4.06. The predicted molar refractivity (Wildman–Crippen MR) is 127 cm³/mol. The van der Waals surface area contributed by atoms with E-state index >= 15 is 0 Å². The molecule has 0 bridgehead atoms. The molecule has 5 heteroatoms. The molecule has 2 heterocycles. The van der Waals surface area contributed by atoms with Gasteiger partial charge in [-0.05, 0) is 74.5 Å². The second-order valence-electron chi connectivity index (χ2n) is 8.01. The molecule has 1 fully saturated rings. The monoisotopic (exact) mass is 431 g/mol. The SMILES string of the molecule is Clc1ccc(-c2nc3ccc(OCCN4CCCCC4)cc3n2-c2ccccc2)cc1. The first-order valence-corrected chi connectivity index (χ1v) is 11.3. The van der Waals surface area contributed by atoms with E-state index in [0.29, 0.717) is 6.61 Å². The zero-order valence-corrected chi connectivity index (χ0v) is 18.3. The van der Waals surface area contributed by atoms with Crippen LogP contribution in [0.2, 0.25) is 5.02 Å². The Bertz CT molecular complexity index is 1150. The van der Waals surface area contributed by atoms with Crippen molar-refractivity contribution < 1.29 is 4.74 Å². The van der Waals surface area contributed by atoms with Gasteiger partial charge in [0.1, 0.15) is 18.2 Å². The molecule has 0 spiro atoms. The zero-order chi connectivity index (χ0) is 21.0. The van der Waals surface area contributed by atoms with Crippen molar-refractivity contribution in [2.24, 2.45) is 0 Å². The molecule has 1 saturated heterocycles. The maximum atomic E-state index is 6.14. The number of piperidine rings is 1. The first-order valence-electron chi connectivity index (χ1n) is 11.0. The van der Waals surface area contributed by atoms with Crippen LogP contribution in [0.1, 0.15) is 19.3 Å². The van der Waals surface area contributed by atoms with Gasteiger partial charge in [-0.15, -0.1) is 0 Å². The molecule has 0 unspecified atom stereocenters. The molecule has 0 amide bonds. The van der Waals surface area contributed by atoms with Gasteiger partial charge in [-0.1, -0.05) is 36.2 Å². The Kier molecular flexibility index (Phi) is 5.92. The van der Waals surface area contributed by atoms with Crippen LogP contribution in [0.3, 0.4) is 0 Å². The lowest BCUT2D eigenvalue weighted by molar-refractivity contribution is 0.183. The number of hydrogen-bond acceptors (Lipinski definition) is 3. The Morgan fingerprint density at radius 1 is 0.871 bits per heavy atom. The van der Waals surface area contributed by atoms with Gasteiger partial charge in [-0.3, -0.25) is 9.47 Å². The number of aromatic nitrogens is 2.